The first-order chi connectivity index (χ1) is 11.1. The largest absolute Gasteiger partial charge is 0.381 e. The number of aryl methyl sites for hydroxylation is 1. The van der Waals surface area contributed by atoms with Gasteiger partial charge >= 0.3 is 0 Å². The fraction of sp³-hybridized carbons (Fsp3) is 0.412. The summed E-state index contributed by atoms with van der Waals surface area (Å²) in [5.41, 5.74) is 2.38. The number of carbonyl (C=O) groups excluding carboxylic acids is 1. The molecule has 2 aromatic rings. The average molecular weight is 314 g/mol. The normalized spacial score (nSPS) is 16.3. The van der Waals surface area contributed by atoms with Gasteiger partial charge in [0.1, 0.15) is 0 Å². The van der Waals surface area contributed by atoms with Gasteiger partial charge < -0.3 is 20.1 Å². The Balaban J connectivity index is 1.69. The van der Waals surface area contributed by atoms with E-state index in [2.05, 4.69) is 27.7 Å². The Bertz CT molecular complexity index is 675. The minimum atomic E-state index is -0.289. The molecular weight excluding hydrogens is 292 g/mol. The van der Waals surface area contributed by atoms with E-state index in [1.54, 1.807) is 13.0 Å². The van der Waals surface area contributed by atoms with Crippen LogP contribution < -0.4 is 10.6 Å². The molecule has 2 N–H and O–H groups in total. The summed E-state index contributed by atoms with van der Waals surface area (Å²) in [5, 5.41) is 10.2. The predicted molar refractivity (Wildman–Crippen MR) is 89.8 cm³/mol. The second-order valence-electron chi connectivity index (χ2n) is 6.05. The molecule has 6 nitrogen and oxygen atoms in total. The number of nitrogens with zero attached hydrogens (tertiary/aromatic N) is 2. The minimum Gasteiger partial charge on any atom is -0.381 e. The lowest BCUT2D eigenvalue weighted by molar-refractivity contribution is 0.0988. The van der Waals surface area contributed by atoms with Crippen LogP contribution in [-0.4, -0.2) is 42.1 Å². The fourth-order valence-corrected chi connectivity index (χ4v) is 2.75. The number of amides is 1. The number of aromatic nitrogens is 1. The van der Waals surface area contributed by atoms with Crippen molar-refractivity contribution in [3.63, 3.8) is 0 Å². The Hall–Kier alpha value is -2.34. The first-order valence-corrected chi connectivity index (χ1v) is 7.90. The molecule has 0 unspecified atom stereocenters. The van der Waals surface area contributed by atoms with E-state index in [0.717, 1.165) is 37.3 Å². The number of rotatable bonds is 4. The number of benzene rings is 1. The van der Waals surface area contributed by atoms with Gasteiger partial charge in [-0.05, 0) is 52.0 Å². The summed E-state index contributed by atoms with van der Waals surface area (Å²) in [6.45, 7) is 3.96. The summed E-state index contributed by atoms with van der Waals surface area (Å²) in [6.07, 6.45) is 2.19. The van der Waals surface area contributed by atoms with Crippen molar-refractivity contribution in [3.8, 4) is 0 Å². The first-order valence-electron chi connectivity index (χ1n) is 7.90. The summed E-state index contributed by atoms with van der Waals surface area (Å²) in [4.78, 5) is 14.6. The average Bonchev–Trinajstić information content (AvgIpc) is 2.98. The van der Waals surface area contributed by atoms with E-state index < -0.39 is 0 Å². The maximum Gasteiger partial charge on any atom is 0.294 e. The maximum absolute atomic E-state index is 12.2. The Labute approximate surface area is 135 Å². The van der Waals surface area contributed by atoms with Crippen molar-refractivity contribution in [2.45, 2.75) is 25.8 Å². The lowest BCUT2D eigenvalue weighted by Gasteiger charge is -2.30. The molecule has 0 aliphatic carbocycles. The smallest absolute Gasteiger partial charge is 0.294 e. The van der Waals surface area contributed by atoms with Gasteiger partial charge in [-0.15, -0.1) is 0 Å². The van der Waals surface area contributed by atoms with Crippen LogP contribution in [0.2, 0.25) is 0 Å². The molecule has 1 amide bonds. The number of piperidine rings is 1. The summed E-state index contributed by atoms with van der Waals surface area (Å²) in [7, 11) is 2.14. The van der Waals surface area contributed by atoms with Crippen molar-refractivity contribution in [2.75, 3.05) is 30.8 Å². The van der Waals surface area contributed by atoms with E-state index in [0.29, 0.717) is 11.7 Å². The van der Waals surface area contributed by atoms with E-state index >= 15 is 0 Å². The quantitative estimate of drug-likeness (QED) is 0.908. The molecule has 23 heavy (non-hydrogen) atoms. The summed E-state index contributed by atoms with van der Waals surface area (Å²) < 4.78 is 5.01. The number of carbonyl (C=O) groups is 1. The summed E-state index contributed by atoms with van der Waals surface area (Å²) in [6, 6.07) is 9.80. The zero-order valence-electron chi connectivity index (χ0n) is 13.5. The van der Waals surface area contributed by atoms with E-state index in [1.807, 2.05) is 24.3 Å². The van der Waals surface area contributed by atoms with Gasteiger partial charge in [0.2, 0.25) is 5.76 Å². The van der Waals surface area contributed by atoms with Crippen LogP contribution >= 0.6 is 0 Å². The number of hydrogen-bond acceptors (Lipinski definition) is 5. The Morgan fingerprint density at radius 1 is 1.26 bits per heavy atom. The molecule has 0 spiro atoms. The van der Waals surface area contributed by atoms with Crippen LogP contribution in [0.5, 0.6) is 0 Å². The summed E-state index contributed by atoms with van der Waals surface area (Å²) in [5.74, 6) is -0.0696. The Morgan fingerprint density at radius 3 is 2.61 bits per heavy atom. The molecule has 0 atom stereocenters. The van der Waals surface area contributed by atoms with Crippen molar-refractivity contribution in [2.24, 2.45) is 0 Å². The lowest BCUT2D eigenvalue weighted by atomic mass is 10.0. The highest BCUT2D eigenvalue weighted by Gasteiger charge is 2.18. The second kappa shape index (κ2) is 6.83. The van der Waals surface area contributed by atoms with Crippen molar-refractivity contribution < 1.29 is 9.32 Å². The molecule has 1 aliphatic rings. The zero-order valence-corrected chi connectivity index (χ0v) is 13.5. The van der Waals surface area contributed by atoms with Crippen LogP contribution in [0.1, 0.15) is 29.1 Å². The monoisotopic (exact) mass is 314 g/mol. The van der Waals surface area contributed by atoms with Gasteiger partial charge in [-0.25, -0.2) is 0 Å². The predicted octanol–water partition coefficient (Wildman–Crippen LogP) is 2.74. The van der Waals surface area contributed by atoms with Gasteiger partial charge in [0.25, 0.3) is 5.91 Å². The fourth-order valence-electron chi connectivity index (χ4n) is 2.75. The van der Waals surface area contributed by atoms with Gasteiger partial charge in [-0.1, -0.05) is 17.3 Å². The Kier molecular flexibility index (Phi) is 4.62. The number of nitrogens with one attached hydrogen (secondary N) is 2. The van der Waals surface area contributed by atoms with Crippen LogP contribution in [0.15, 0.2) is 34.9 Å². The molecule has 1 aliphatic heterocycles. The van der Waals surface area contributed by atoms with Gasteiger partial charge in [-0.2, -0.15) is 0 Å². The third-order valence-corrected chi connectivity index (χ3v) is 4.11. The molecule has 0 bridgehead atoms. The molecule has 0 saturated carbocycles. The molecule has 1 saturated heterocycles. The van der Waals surface area contributed by atoms with Gasteiger partial charge in [0.05, 0.1) is 17.1 Å². The van der Waals surface area contributed by atoms with Gasteiger partial charge in [-0.3, -0.25) is 4.79 Å². The number of likely N-dealkylation sites (tertiary alicyclic amines) is 1. The van der Waals surface area contributed by atoms with Crippen LogP contribution in [-0.2, 0) is 0 Å². The van der Waals surface area contributed by atoms with Crippen molar-refractivity contribution in [1.82, 2.24) is 10.1 Å². The standard InChI is InChI=1S/C17H22N4O2/c1-12-11-16(23-20-12)17(22)19-15-6-4-3-5-14(15)18-13-7-9-21(2)10-8-13/h3-6,11,13,18H,7-10H2,1-2H3,(H,19,22). The first kappa shape index (κ1) is 15.6. The number of para-hydroxylation sites is 2. The SMILES string of the molecule is Cc1cc(C(=O)Nc2ccccc2NC2CCN(C)CC2)on1. The van der Waals surface area contributed by atoms with Crippen molar-refractivity contribution in [3.05, 3.63) is 41.8 Å². The van der Waals surface area contributed by atoms with E-state index in [-0.39, 0.29) is 11.7 Å². The molecule has 6 heteroatoms. The zero-order chi connectivity index (χ0) is 16.2. The third kappa shape index (κ3) is 3.90. The van der Waals surface area contributed by atoms with E-state index in [9.17, 15) is 4.79 Å². The molecule has 0 radical (unpaired) electrons. The molecule has 2 heterocycles. The highest BCUT2D eigenvalue weighted by molar-refractivity contribution is 6.04. The molecule has 1 aromatic heterocycles. The van der Waals surface area contributed by atoms with E-state index in [1.165, 1.54) is 0 Å². The van der Waals surface area contributed by atoms with Gasteiger partial charge in [0.15, 0.2) is 0 Å². The lowest BCUT2D eigenvalue weighted by Crippen LogP contribution is -2.36. The third-order valence-electron chi connectivity index (χ3n) is 4.11. The highest BCUT2D eigenvalue weighted by atomic mass is 16.5. The Morgan fingerprint density at radius 2 is 1.96 bits per heavy atom. The number of hydrogen-bond donors (Lipinski definition) is 2. The number of anilines is 2. The van der Waals surface area contributed by atoms with Crippen molar-refractivity contribution >= 4 is 17.3 Å². The second-order valence-corrected chi connectivity index (χ2v) is 6.05. The molecule has 122 valence electrons. The molecule has 1 fully saturated rings. The molecule has 1 aromatic carbocycles. The van der Waals surface area contributed by atoms with Crippen LogP contribution in [0.4, 0.5) is 11.4 Å². The van der Waals surface area contributed by atoms with Crippen LogP contribution in [0.25, 0.3) is 0 Å². The maximum atomic E-state index is 12.2. The van der Waals surface area contributed by atoms with Crippen molar-refractivity contribution in [1.29, 1.82) is 0 Å². The molecular formula is C17H22N4O2. The topological polar surface area (TPSA) is 70.4 Å². The minimum absolute atomic E-state index is 0.219. The van der Waals surface area contributed by atoms with Gasteiger partial charge in [0, 0.05) is 12.1 Å². The molecule has 3 rings (SSSR count). The highest BCUT2D eigenvalue weighted by Crippen LogP contribution is 2.25. The van der Waals surface area contributed by atoms with Crippen LogP contribution in [0, 0.1) is 6.92 Å². The summed E-state index contributed by atoms with van der Waals surface area (Å²) >= 11 is 0. The van der Waals surface area contributed by atoms with E-state index in [4.69, 9.17) is 4.52 Å². The van der Waals surface area contributed by atoms with Crippen LogP contribution in [0.3, 0.4) is 0 Å².